The lowest BCUT2D eigenvalue weighted by atomic mass is 10.0. The van der Waals surface area contributed by atoms with Crippen LogP contribution >= 0.6 is 0 Å². The van der Waals surface area contributed by atoms with E-state index in [4.69, 9.17) is 5.11 Å². The summed E-state index contributed by atoms with van der Waals surface area (Å²) in [6.07, 6.45) is 6.71. The van der Waals surface area contributed by atoms with E-state index in [1.54, 1.807) is 0 Å². The van der Waals surface area contributed by atoms with E-state index in [0.717, 1.165) is 25.3 Å². The number of carboxylic acid groups (broad SMARTS) is 1. The van der Waals surface area contributed by atoms with E-state index in [-0.39, 0.29) is 0 Å². The van der Waals surface area contributed by atoms with Gasteiger partial charge in [-0.2, -0.15) is 0 Å². The molecular weight excluding hydrogens is 204 g/mol. The van der Waals surface area contributed by atoms with Gasteiger partial charge in [0, 0.05) is 19.1 Å². The third kappa shape index (κ3) is 3.11. The summed E-state index contributed by atoms with van der Waals surface area (Å²) in [5.41, 5.74) is 0. The zero-order valence-electron chi connectivity index (χ0n) is 9.82. The molecule has 1 saturated carbocycles. The van der Waals surface area contributed by atoms with Crippen LogP contribution in [0.15, 0.2) is 0 Å². The maximum Gasteiger partial charge on any atom is 0.407 e. The topological polar surface area (TPSA) is 52.6 Å². The molecule has 0 radical (unpaired) electrons. The molecule has 2 aliphatic rings. The molecule has 0 aromatic carbocycles. The Labute approximate surface area is 97.0 Å². The smallest absolute Gasteiger partial charge is 0.407 e. The lowest BCUT2D eigenvalue weighted by Gasteiger charge is -2.31. The highest BCUT2D eigenvalue weighted by Gasteiger charge is 2.23. The molecule has 4 heteroatoms. The Morgan fingerprint density at radius 2 is 1.81 bits per heavy atom. The minimum absolute atomic E-state index is 0.538. The summed E-state index contributed by atoms with van der Waals surface area (Å²) in [6, 6.07) is 0.538. The van der Waals surface area contributed by atoms with Crippen LogP contribution < -0.4 is 5.32 Å². The Morgan fingerprint density at radius 1 is 1.19 bits per heavy atom. The number of rotatable bonds is 3. The number of nitrogens with one attached hydrogen (secondary N) is 1. The van der Waals surface area contributed by atoms with Crippen molar-refractivity contribution in [3.05, 3.63) is 0 Å². The minimum atomic E-state index is -0.769. The monoisotopic (exact) mass is 226 g/mol. The van der Waals surface area contributed by atoms with Crippen molar-refractivity contribution in [2.24, 2.45) is 5.92 Å². The van der Waals surface area contributed by atoms with Crippen molar-refractivity contribution in [2.45, 2.75) is 44.6 Å². The van der Waals surface area contributed by atoms with Crippen LogP contribution in [0.4, 0.5) is 4.79 Å². The third-order valence-electron chi connectivity index (χ3n) is 3.94. The summed E-state index contributed by atoms with van der Waals surface area (Å²) in [5.74, 6) is 0.873. The molecule has 1 aliphatic heterocycles. The number of carbonyl (C=O) groups is 1. The van der Waals surface area contributed by atoms with Crippen molar-refractivity contribution in [1.29, 1.82) is 0 Å². The van der Waals surface area contributed by atoms with Crippen LogP contribution in [0.1, 0.15) is 38.5 Å². The van der Waals surface area contributed by atoms with Crippen LogP contribution in [0.2, 0.25) is 0 Å². The number of nitrogens with zero attached hydrogens (tertiary/aromatic N) is 1. The normalized spacial score (nSPS) is 23.9. The maximum absolute atomic E-state index is 10.7. The molecule has 92 valence electrons. The summed E-state index contributed by atoms with van der Waals surface area (Å²) in [6.45, 7) is 2.52. The summed E-state index contributed by atoms with van der Waals surface area (Å²) < 4.78 is 0. The molecule has 1 saturated heterocycles. The van der Waals surface area contributed by atoms with E-state index < -0.39 is 6.09 Å². The van der Waals surface area contributed by atoms with Gasteiger partial charge in [-0.15, -0.1) is 0 Å². The van der Waals surface area contributed by atoms with Crippen molar-refractivity contribution < 1.29 is 9.90 Å². The molecule has 1 amide bonds. The maximum atomic E-state index is 10.7. The van der Waals surface area contributed by atoms with Gasteiger partial charge in [0.05, 0.1) is 0 Å². The number of amides is 1. The van der Waals surface area contributed by atoms with Crippen molar-refractivity contribution in [3.63, 3.8) is 0 Å². The van der Waals surface area contributed by atoms with Crippen molar-refractivity contribution in [1.82, 2.24) is 10.2 Å². The fraction of sp³-hybridized carbons (Fsp3) is 0.917. The SMILES string of the molecule is O=C(O)N1CCC(NCC2CCCC2)CC1. The fourth-order valence-corrected chi connectivity index (χ4v) is 2.82. The first-order valence-corrected chi connectivity index (χ1v) is 6.47. The predicted molar refractivity (Wildman–Crippen MR) is 62.6 cm³/mol. The number of hydrogen-bond donors (Lipinski definition) is 2. The largest absolute Gasteiger partial charge is 0.465 e. The van der Waals surface area contributed by atoms with Gasteiger partial charge in [0.15, 0.2) is 0 Å². The highest BCUT2D eigenvalue weighted by atomic mass is 16.4. The highest BCUT2D eigenvalue weighted by Crippen LogP contribution is 2.24. The molecule has 0 unspecified atom stereocenters. The van der Waals surface area contributed by atoms with Crippen LogP contribution in [0.3, 0.4) is 0 Å². The van der Waals surface area contributed by atoms with Gasteiger partial charge in [-0.1, -0.05) is 12.8 Å². The van der Waals surface area contributed by atoms with Crippen molar-refractivity contribution in [3.8, 4) is 0 Å². The Morgan fingerprint density at radius 3 is 2.38 bits per heavy atom. The molecule has 16 heavy (non-hydrogen) atoms. The van der Waals surface area contributed by atoms with Crippen LogP contribution in [0.25, 0.3) is 0 Å². The molecule has 0 aromatic heterocycles. The first-order valence-electron chi connectivity index (χ1n) is 6.47. The molecule has 2 rings (SSSR count). The molecule has 0 spiro atoms. The van der Waals surface area contributed by atoms with E-state index >= 15 is 0 Å². The van der Waals surface area contributed by atoms with E-state index in [1.165, 1.54) is 30.6 Å². The Balaban J connectivity index is 1.63. The standard InChI is InChI=1S/C12H22N2O2/c15-12(16)14-7-5-11(6-8-14)13-9-10-3-1-2-4-10/h10-11,13H,1-9H2,(H,15,16). The molecule has 0 bridgehead atoms. The van der Waals surface area contributed by atoms with E-state index in [9.17, 15) is 4.79 Å². The van der Waals surface area contributed by atoms with Gasteiger partial charge in [0.1, 0.15) is 0 Å². The van der Waals surface area contributed by atoms with Crippen molar-refractivity contribution >= 4 is 6.09 Å². The quantitative estimate of drug-likeness (QED) is 0.773. The Kier molecular flexibility index (Phi) is 4.04. The van der Waals surface area contributed by atoms with Crippen LogP contribution in [0.5, 0.6) is 0 Å². The van der Waals surface area contributed by atoms with E-state index in [0.29, 0.717) is 19.1 Å². The zero-order chi connectivity index (χ0) is 11.4. The number of piperidine rings is 1. The van der Waals surface area contributed by atoms with Gasteiger partial charge in [-0.3, -0.25) is 0 Å². The van der Waals surface area contributed by atoms with Gasteiger partial charge in [0.2, 0.25) is 0 Å². The van der Waals surface area contributed by atoms with Gasteiger partial charge < -0.3 is 15.3 Å². The first kappa shape index (κ1) is 11.7. The lowest BCUT2D eigenvalue weighted by Crippen LogP contribution is -2.45. The molecule has 2 N–H and O–H groups in total. The van der Waals surface area contributed by atoms with Gasteiger partial charge in [-0.25, -0.2) is 4.79 Å². The average Bonchev–Trinajstić information content (AvgIpc) is 2.80. The molecule has 0 atom stereocenters. The third-order valence-corrected chi connectivity index (χ3v) is 3.94. The van der Waals surface area contributed by atoms with Crippen LogP contribution in [0, 0.1) is 5.92 Å². The predicted octanol–water partition coefficient (Wildman–Crippen LogP) is 1.91. The molecule has 0 aromatic rings. The second kappa shape index (κ2) is 5.53. The number of hydrogen-bond acceptors (Lipinski definition) is 2. The number of likely N-dealkylation sites (tertiary alicyclic amines) is 1. The second-order valence-corrected chi connectivity index (χ2v) is 5.10. The first-order chi connectivity index (χ1) is 7.75. The summed E-state index contributed by atoms with van der Waals surface area (Å²) in [4.78, 5) is 12.3. The summed E-state index contributed by atoms with van der Waals surface area (Å²) >= 11 is 0. The molecule has 4 nitrogen and oxygen atoms in total. The van der Waals surface area contributed by atoms with E-state index in [2.05, 4.69) is 5.32 Å². The van der Waals surface area contributed by atoms with Gasteiger partial charge in [-0.05, 0) is 38.1 Å². The average molecular weight is 226 g/mol. The lowest BCUT2D eigenvalue weighted by molar-refractivity contribution is 0.128. The fourth-order valence-electron chi connectivity index (χ4n) is 2.82. The molecule has 2 fully saturated rings. The summed E-state index contributed by atoms with van der Waals surface area (Å²) in [7, 11) is 0. The Bertz CT molecular complexity index is 231. The Hall–Kier alpha value is -0.770. The van der Waals surface area contributed by atoms with E-state index in [1.807, 2.05) is 0 Å². The second-order valence-electron chi connectivity index (χ2n) is 5.10. The summed E-state index contributed by atoms with van der Waals surface area (Å²) in [5, 5.41) is 12.4. The van der Waals surface area contributed by atoms with Gasteiger partial charge >= 0.3 is 6.09 Å². The highest BCUT2D eigenvalue weighted by molar-refractivity contribution is 5.65. The van der Waals surface area contributed by atoms with Gasteiger partial charge in [0.25, 0.3) is 0 Å². The minimum Gasteiger partial charge on any atom is -0.465 e. The van der Waals surface area contributed by atoms with Crippen molar-refractivity contribution in [2.75, 3.05) is 19.6 Å². The molecule has 1 heterocycles. The zero-order valence-corrected chi connectivity index (χ0v) is 9.82. The van der Waals surface area contributed by atoms with Crippen LogP contribution in [-0.4, -0.2) is 41.8 Å². The molecular formula is C12H22N2O2. The van der Waals surface area contributed by atoms with Crippen LogP contribution in [-0.2, 0) is 0 Å². The molecule has 1 aliphatic carbocycles.